The van der Waals surface area contributed by atoms with Crippen LogP contribution in [0.4, 0.5) is 14.5 Å². The molecule has 0 unspecified atom stereocenters. The topological polar surface area (TPSA) is 77.8 Å². The Kier molecular flexibility index (Phi) is 5.91. The van der Waals surface area contributed by atoms with Gasteiger partial charge in [0.1, 0.15) is 22.8 Å². The summed E-state index contributed by atoms with van der Waals surface area (Å²) < 4.78 is 38.9. The number of carbonyl (C=O) groups excluding carboxylic acids is 1. The van der Waals surface area contributed by atoms with E-state index in [1.807, 2.05) is 0 Å². The fraction of sp³-hybridized carbons (Fsp3) is 0.136. The van der Waals surface area contributed by atoms with E-state index in [-0.39, 0.29) is 22.6 Å². The molecule has 0 bridgehead atoms. The number of halogens is 3. The van der Waals surface area contributed by atoms with Crippen molar-refractivity contribution in [2.75, 3.05) is 19.5 Å². The SMILES string of the molecule is COc1ccc(-c2cc(C(F)F)n3ncc(C(=O)Nc4cc(Cl)ccc4OC)c3n2)cc1. The molecule has 0 aliphatic rings. The minimum Gasteiger partial charge on any atom is -0.497 e. The highest BCUT2D eigenvalue weighted by Gasteiger charge is 2.22. The van der Waals surface area contributed by atoms with E-state index >= 15 is 0 Å². The largest absolute Gasteiger partial charge is 0.497 e. The molecule has 1 N–H and O–H groups in total. The molecule has 0 saturated heterocycles. The summed E-state index contributed by atoms with van der Waals surface area (Å²) in [5.74, 6) is 0.406. The second-order valence-corrected chi connectivity index (χ2v) is 7.12. The van der Waals surface area contributed by atoms with Gasteiger partial charge < -0.3 is 14.8 Å². The van der Waals surface area contributed by atoms with Crippen molar-refractivity contribution in [2.24, 2.45) is 0 Å². The van der Waals surface area contributed by atoms with Crippen molar-refractivity contribution < 1.29 is 23.0 Å². The second-order valence-electron chi connectivity index (χ2n) is 6.69. The summed E-state index contributed by atoms with van der Waals surface area (Å²) in [5, 5.41) is 7.02. The van der Waals surface area contributed by atoms with Crippen LogP contribution < -0.4 is 14.8 Å². The average molecular weight is 459 g/mol. The van der Waals surface area contributed by atoms with Crippen molar-refractivity contribution in [1.29, 1.82) is 0 Å². The zero-order valence-electron chi connectivity index (χ0n) is 17.0. The number of amides is 1. The number of benzene rings is 2. The maximum Gasteiger partial charge on any atom is 0.280 e. The van der Waals surface area contributed by atoms with Crippen molar-refractivity contribution in [3.63, 3.8) is 0 Å². The molecule has 0 spiro atoms. The summed E-state index contributed by atoms with van der Waals surface area (Å²) in [6.45, 7) is 0. The zero-order chi connectivity index (χ0) is 22.8. The molecule has 0 atom stereocenters. The molecule has 164 valence electrons. The molecule has 1 amide bonds. The van der Waals surface area contributed by atoms with Gasteiger partial charge in [-0.3, -0.25) is 4.79 Å². The first-order valence-electron chi connectivity index (χ1n) is 9.37. The van der Waals surface area contributed by atoms with E-state index in [1.54, 1.807) is 36.4 Å². The molecule has 10 heteroatoms. The van der Waals surface area contributed by atoms with Crippen LogP contribution in [0.3, 0.4) is 0 Å². The Bertz CT molecular complexity index is 1290. The third kappa shape index (κ3) is 4.06. The summed E-state index contributed by atoms with van der Waals surface area (Å²) in [7, 11) is 2.98. The third-order valence-corrected chi connectivity index (χ3v) is 5.00. The molecule has 0 saturated carbocycles. The van der Waals surface area contributed by atoms with Gasteiger partial charge in [-0.05, 0) is 48.5 Å². The van der Waals surface area contributed by atoms with Crippen LogP contribution in [0.5, 0.6) is 11.5 Å². The van der Waals surface area contributed by atoms with Crippen molar-refractivity contribution in [2.45, 2.75) is 6.43 Å². The molecule has 0 fully saturated rings. The van der Waals surface area contributed by atoms with Crippen molar-refractivity contribution >= 4 is 28.8 Å². The number of methoxy groups -OCH3 is 2. The number of alkyl halides is 2. The number of rotatable bonds is 6. The standard InChI is InChI=1S/C22H17ClF2N4O3/c1-31-14-6-3-12(4-7-14)16-10-18(20(24)25)29-21(27-16)15(11-26-29)22(30)28-17-9-13(23)5-8-19(17)32-2/h3-11,20H,1-2H3,(H,28,30). The number of nitrogens with zero attached hydrogens (tertiary/aromatic N) is 3. The molecule has 2 aromatic carbocycles. The number of fused-ring (bicyclic) bond motifs is 1. The zero-order valence-corrected chi connectivity index (χ0v) is 17.7. The quantitative estimate of drug-likeness (QED) is 0.426. The lowest BCUT2D eigenvalue weighted by Gasteiger charge is -2.11. The maximum atomic E-state index is 13.8. The number of nitrogens with one attached hydrogen (secondary N) is 1. The number of aromatic nitrogens is 3. The van der Waals surface area contributed by atoms with Gasteiger partial charge >= 0.3 is 0 Å². The first-order valence-corrected chi connectivity index (χ1v) is 9.75. The lowest BCUT2D eigenvalue weighted by molar-refractivity contribution is 0.102. The molecule has 0 aliphatic carbocycles. The van der Waals surface area contributed by atoms with Crippen LogP contribution in [0.15, 0.2) is 54.7 Å². The molecule has 4 rings (SSSR count). The van der Waals surface area contributed by atoms with Crippen LogP contribution >= 0.6 is 11.6 Å². The predicted molar refractivity (Wildman–Crippen MR) is 116 cm³/mol. The highest BCUT2D eigenvalue weighted by molar-refractivity contribution is 6.31. The van der Waals surface area contributed by atoms with Crippen LogP contribution in [0.1, 0.15) is 22.5 Å². The monoisotopic (exact) mass is 458 g/mol. The number of anilines is 1. The van der Waals surface area contributed by atoms with Crippen molar-refractivity contribution in [1.82, 2.24) is 14.6 Å². The summed E-state index contributed by atoms with van der Waals surface area (Å²) in [6, 6.07) is 12.8. The van der Waals surface area contributed by atoms with Crippen LogP contribution in [-0.2, 0) is 0 Å². The lowest BCUT2D eigenvalue weighted by atomic mass is 10.1. The van der Waals surface area contributed by atoms with Gasteiger partial charge in [-0.25, -0.2) is 18.3 Å². The fourth-order valence-electron chi connectivity index (χ4n) is 3.18. The van der Waals surface area contributed by atoms with E-state index in [4.69, 9.17) is 21.1 Å². The predicted octanol–water partition coefficient (Wildman–Crippen LogP) is 5.26. The molecule has 0 aliphatic heterocycles. The first kappa shape index (κ1) is 21.5. The van der Waals surface area contributed by atoms with E-state index in [2.05, 4.69) is 15.4 Å². The maximum absolute atomic E-state index is 13.8. The minimum atomic E-state index is -2.83. The first-order chi connectivity index (χ1) is 15.4. The highest BCUT2D eigenvalue weighted by atomic mass is 35.5. The van der Waals surface area contributed by atoms with E-state index in [0.717, 1.165) is 4.52 Å². The summed E-state index contributed by atoms with van der Waals surface area (Å²) in [6.07, 6.45) is -1.64. The number of hydrogen-bond donors (Lipinski definition) is 1. The minimum absolute atomic E-state index is 0.00730. The van der Waals surface area contributed by atoms with E-state index in [0.29, 0.717) is 27.8 Å². The highest BCUT2D eigenvalue weighted by Crippen LogP contribution is 2.30. The Morgan fingerprint density at radius 3 is 2.50 bits per heavy atom. The smallest absolute Gasteiger partial charge is 0.280 e. The summed E-state index contributed by atoms with van der Waals surface area (Å²) in [4.78, 5) is 17.4. The van der Waals surface area contributed by atoms with Gasteiger partial charge in [-0.15, -0.1) is 0 Å². The summed E-state index contributed by atoms with van der Waals surface area (Å²) in [5.41, 5.74) is 0.797. The lowest BCUT2D eigenvalue weighted by Crippen LogP contribution is -2.13. The molecule has 2 aromatic heterocycles. The van der Waals surface area contributed by atoms with Gasteiger partial charge in [0.05, 0.1) is 31.8 Å². The third-order valence-electron chi connectivity index (χ3n) is 4.76. The number of ether oxygens (including phenoxy) is 2. The Hall–Kier alpha value is -3.72. The van der Waals surface area contributed by atoms with E-state index < -0.39 is 12.3 Å². The molecule has 7 nitrogen and oxygen atoms in total. The van der Waals surface area contributed by atoms with Gasteiger partial charge in [0.2, 0.25) is 0 Å². The molecule has 4 aromatic rings. The van der Waals surface area contributed by atoms with Crippen LogP contribution in [-0.4, -0.2) is 34.7 Å². The van der Waals surface area contributed by atoms with Gasteiger partial charge in [0.25, 0.3) is 12.3 Å². The Labute approximate surface area is 186 Å². The van der Waals surface area contributed by atoms with E-state index in [9.17, 15) is 13.6 Å². The molecular formula is C22H17ClF2N4O3. The van der Waals surface area contributed by atoms with Crippen molar-refractivity contribution in [3.8, 4) is 22.8 Å². The number of hydrogen-bond acceptors (Lipinski definition) is 5. The summed E-state index contributed by atoms with van der Waals surface area (Å²) >= 11 is 6.02. The van der Waals surface area contributed by atoms with Gasteiger partial charge in [-0.2, -0.15) is 5.10 Å². The Morgan fingerprint density at radius 1 is 1.09 bits per heavy atom. The van der Waals surface area contributed by atoms with Crippen LogP contribution in [0, 0.1) is 0 Å². The molecule has 32 heavy (non-hydrogen) atoms. The Morgan fingerprint density at radius 2 is 1.84 bits per heavy atom. The molecule has 2 heterocycles. The van der Waals surface area contributed by atoms with Crippen LogP contribution in [0.25, 0.3) is 16.9 Å². The van der Waals surface area contributed by atoms with E-state index in [1.165, 1.54) is 32.5 Å². The van der Waals surface area contributed by atoms with Gasteiger partial charge in [0.15, 0.2) is 5.65 Å². The van der Waals surface area contributed by atoms with Crippen LogP contribution in [0.2, 0.25) is 5.02 Å². The van der Waals surface area contributed by atoms with Gasteiger partial charge in [0, 0.05) is 10.6 Å². The number of carbonyl (C=O) groups is 1. The molecule has 0 radical (unpaired) electrons. The average Bonchev–Trinajstić information content (AvgIpc) is 3.22. The van der Waals surface area contributed by atoms with Crippen molar-refractivity contribution in [3.05, 3.63) is 71.0 Å². The molecular weight excluding hydrogens is 442 g/mol. The fourth-order valence-corrected chi connectivity index (χ4v) is 3.35. The second kappa shape index (κ2) is 8.80. The normalized spacial score (nSPS) is 11.1. The Balaban J connectivity index is 1.79. The van der Waals surface area contributed by atoms with Gasteiger partial charge in [-0.1, -0.05) is 11.6 Å².